The molecule has 0 fully saturated rings. The van der Waals surface area contributed by atoms with Crippen LogP contribution in [0.2, 0.25) is 0 Å². The molecule has 0 bridgehead atoms. The van der Waals surface area contributed by atoms with Gasteiger partial charge in [0.05, 0.1) is 16.0 Å². The van der Waals surface area contributed by atoms with Crippen molar-refractivity contribution < 1.29 is 0 Å². The van der Waals surface area contributed by atoms with E-state index in [1.165, 1.54) is 33.3 Å². The molecule has 0 saturated carbocycles. The van der Waals surface area contributed by atoms with E-state index in [2.05, 4.69) is 108 Å². The van der Waals surface area contributed by atoms with Gasteiger partial charge in [0.2, 0.25) is 0 Å². The van der Waals surface area contributed by atoms with Crippen molar-refractivity contribution in [3.05, 3.63) is 107 Å². The molecule has 2 heteroatoms. The lowest BCUT2D eigenvalue weighted by Crippen LogP contribution is -2.31. The van der Waals surface area contributed by atoms with Gasteiger partial charge in [-0.15, -0.1) is 0 Å². The summed E-state index contributed by atoms with van der Waals surface area (Å²) < 4.78 is 1.00. The summed E-state index contributed by atoms with van der Waals surface area (Å²) in [6, 6.07) is 21.8. The average Bonchev–Trinajstić information content (AvgIpc) is 2.68. The number of para-hydroxylation sites is 1. The van der Waals surface area contributed by atoms with Gasteiger partial charge in [0.1, 0.15) is 0 Å². The number of anilines is 2. The first-order valence-corrected chi connectivity index (χ1v) is 9.92. The van der Waals surface area contributed by atoms with Gasteiger partial charge < -0.3 is 4.90 Å². The highest BCUT2D eigenvalue weighted by molar-refractivity contribution is 9.11. The third kappa shape index (κ3) is 2.85. The Labute approximate surface area is 169 Å². The summed E-state index contributed by atoms with van der Waals surface area (Å²) in [4.78, 5) is 2.33. The largest absolute Gasteiger partial charge is 0.303 e. The zero-order valence-electron chi connectivity index (χ0n) is 15.6. The quantitative estimate of drug-likeness (QED) is 0.314. The molecule has 4 rings (SSSR count). The molecular weight excluding hydrogens is 394 g/mol. The van der Waals surface area contributed by atoms with Gasteiger partial charge in [0.15, 0.2) is 0 Å². The van der Waals surface area contributed by atoms with Crippen molar-refractivity contribution in [2.75, 3.05) is 4.90 Å². The molecule has 0 saturated heterocycles. The molecule has 1 nitrogen and oxygen atoms in total. The van der Waals surface area contributed by atoms with Crippen molar-refractivity contribution in [1.29, 1.82) is 0 Å². The van der Waals surface area contributed by atoms with E-state index in [1.807, 2.05) is 12.2 Å². The molecule has 1 heterocycles. The van der Waals surface area contributed by atoms with Gasteiger partial charge in [0, 0.05) is 10.8 Å². The second-order valence-corrected chi connectivity index (χ2v) is 8.08. The Hall–Kier alpha value is -2.58. The highest BCUT2D eigenvalue weighted by atomic mass is 79.9. The first-order valence-electron chi connectivity index (χ1n) is 9.12. The van der Waals surface area contributed by atoms with Crippen molar-refractivity contribution in [2.24, 2.45) is 0 Å². The summed E-state index contributed by atoms with van der Waals surface area (Å²) in [5, 5.41) is 2.51. The Morgan fingerprint density at radius 2 is 1.67 bits per heavy atom. The van der Waals surface area contributed by atoms with Crippen LogP contribution < -0.4 is 4.90 Å². The van der Waals surface area contributed by atoms with E-state index >= 15 is 0 Å². The van der Waals surface area contributed by atoms with Gasteiger partial charge in [-0.1, -0.05) is 93.3 Å². The Morgan fingerprint density at radius 3 is 2.48 bits per heavy atom. The van der Waals surface area contributed by atoms with Crippen LogP contribution in [0.4, 0.5) is 11.4 Å². The normalized spacial score (nSPS) is 15.7. The molecule has 27 heavy (non-hydrogen) atoms. The lowest BCUT2D eigenvalue weighted by molar-refractivity contribution is 0.632. The van der Waals surface area contributed by atoms with Crippen LogP contribution in [-0.4, -0.2) is 0 Å². The number of hydrogen-bond donors (Lipinski definition) is 0. The maximum absolute atomic E-state index is 3.83. The Morgan fingerprint density at radius 1 is 0.926 bits per heavy atom. The maximum atomic E-state index is 3.83. The average molecular weight is 416 g/mol. The van der Waals surface area contributed by atoms with E-state index in [0.29, 0.717) is 0 Å². The summed E-state index contributed by atoms with van der Waals surface area (Å²) in [7, 11) is 0. The summed E-state index contributed by atoms with van der Waals surface area (Å²) in [6.45, 7) is 8.38. The fourth-order valence-electron chi connectivity index (χ4n) is 3.97. The Bertz CT molecular complexity index is 1090. The van der Waals surface area contributed by atoms with Gasteiger partial charge in [-0.25, -0.2) is 0 Å². The second kappa shape index (κ2) is 6.86. The van der Waals surface area contributed by atoms with Gasteiger partial charge in [0.25, 0.3) is 0 Å². The molecule has 1 aliphatic heterocycles. The molecule has 0 radical (unpaired) electrons. The van der Waals surface area contributed by atoms with E-state index in [1.54, 1.807) is 6.08 Å². The van der Waals surface area contributed by atoms with E-state index < -0.39 is 0 Å². The Balaban J connectivity index is 2.08. The summed E-state index contributed by atoms with van der Waals surface area (Å²) in [5.74, 6) is 0. The molecule has 0 N–H and O–H groups in total. The fourth-order valence-corrected chi connectivity index (χ4v) is 4.49. The smallest absolute Gasteiger partial charge is 0.0896 e. The van der Waals surface area contributed by atoms with Crippen LogP contribution in [0.15, 0.2) is 96.2 Å². The second-order valence-electron chi connectivity index (χ2n) is 7.27. The van der Waals surface area contributed by atoms with E-state index in [0.717, 1.165) is 4.61 Å². The van der Waals surface area contributed by atoms with Gasteiger partial charge >= 0.3 is 0 Å². The maximum Gasteiger partial charge on any atom is 0.0896 e. The molecule has 1 aliphatic rings. The van der Waals surface area contributed by atoms with Crippen LogP contribution in [0.25, 0.3) is 10.8 Å². The number of allylic oxidation sites excluding steroid dienone is 4. The standard InChI is InChI=1S/C25H22BrN/c1-4-5-6-15-23(26)27-22-14-10-9-13-20(22)25(2,3)21-17-16-18-11-7-8-12-19(18)24(21)27/h4-17H,1H2,2-3H3/b6-5-,23-15+. The van der Waals surface area contributed by atoms with Gasteiger partial charge in [-0.2, -0.15) is 0 Å². The lowest BCUT2D eigenvalue weighted by Gasteiger charge is -2.42. The number of halogens is 1. The number of fused-ring (bicyclic) bond motifs is 4. The third-order valence-corrected chi connectivity index (χ3v) is 5.93. The molecule has 3 aromatic rings. The van der Waals surface area contributed by atoms with Gasteiger partial charge in [-0.05, 0) is 44.6 Å². The molecule has 134 valence electrons. The zero-order chi connectivity index (χ0) is 19.0. The Kier molecular flexibility index (Phi) is 4.53. The number of rotatable bonds is 3. The number of hydrogen-bond acceptors (Lipinski definition) is 1. The number of nitrogens with zero attached hydrogens (tertiary/aromatic N) is 1. The van der Waals surface area contributed by atoms with Crippen molar-refractivity contribution in [3.63, 3.8) is 0 Å². The molecule has 3 aromatic carbocycles. The van der Waals surface area contributed by atoms with E-state index in [-0.39, 0.29) is 5.41 Å². The highest BCUT2D eigenvalue weighted by Gasteiger charge is 2.37. The topological polar surface area (TPSA) is 3.24 Å². The van der Waals surface area contributed by atoms with E-state index in [9.17, 15) is 0 Å². The minimum atomic E-state index is -0.0727. The van der Waals surface area contributed by atoms with Crippen LogP contribution >= 0.6 is 15.9 Å². The first-order chi connectivity index (χ1) is 13.1. The minimum absolute atomic E-state index is 0.0727. The lowest BCUT2D eigenvalue weighted by atomic mass is 9.73. The van der Waals surface area contributed by atoms with Crippen molar-refractivity contribution >= 4 is 38.1 Å². The molecule has 0 atom stereocenters. The van der Waals surface area contributed by atoms with Crippen molar-refractivity contribution in [1.82, 2.24) is 0 Å². The summed E-state index contributed by atoms with van der Waals surface area (Å²) >= 11 is 3.83. The van der Waals surface area contributed by atoms with Crippen molar-refractivity contribution in [3.8, 4) is 0 Å². The molecule has 0 amide bonds. The predicted molar refractivity (Wildman–Crippen MR) is 121 cm³/mol. The third-order valence-electron chi connectivity index (χ3n) is 5.31. The summed E-state index contributed by atoms with van der Waals surface area (Å²) in [6.07, 6.45) is 7.80. The molecule has 0 spiro atoms. The SMILES string of the molecule is C=C/C=C\C=C(/Br)N1c2ccccc2C(C)(C)c2ccc3ccccc3c21. The van der Waals surface area contributed by atoms with Gasteiger partial charge in [-0.3, -0.25) is 0 Å². The van der Waals surface area contributed by atoms with Crippen LogP contribution in [0.5, 0.6) is 0 Å². The minimum Gasteiger partial charge on any atom is -0.303 e. The molecule has 0 aliphatic carbocycles. The first kappa shape index (κ1) is 17.8. The van der Waals surface area contributed by atoms with Crippen LogP contribution in [0.3, 0.4) is 0 Å². The van der Waals surface area contributed by atoms with Crippen LogP contribution in [0.1, 0.15) is 25.0 Å². The van der Waals surface area contributed by atoms with Crippen molar-refractivity contribution in [2.45, 2.75) is 19.3 Å². The number of benzene rings is 3. The molecule has 0 aromatic heterocycles. The highest BCUT2D eigenvalue weighted by Crippen LogP contribution is 2.53. The van der Waals surface area contributed by atoms with E-state index in [4.69, 9.17) is 0 Å². The predicted octanol–water partition coefficient (Wildman–Crippen LogP) is 7.60. The molecular formula is C25H22BrN. The monoisotopic (exact) mass is 415 g/mol. The van der Waals surface area contributed by atoms with Crippen LogP contribution in [-0.2, 0) is 5.41 Å². The summed E-state index contributed by atoms with van der Waals surface area (Å²) in [5.41, 5.74) is 5.04. The molecule has 0 unspecified atom stereocenters. The fraction of sp³-hybridized carbons (Fsp3) is 0.120. The zero-order valence-corrected chi connectivity index (χ0v) is 17.2. The van der Waals surface area contributed by atoms with Crippen LogP contribution in [0, 0.1) is 0 Å².